The van der Waals surface area contributed by atoms with E-state index in [2.05, 4.69) is 36.5 Å². The zero-order valence-corrected chi connectivity index (χ0v) is 13.4. The minimum absolute atomic E-state index is 0.124. The molecule has 3 N–H and O–H groups in total. The van der Waals surface area contributed by atoms with Gasteiger partial charge in [0, 0.05) is 5.56 Å². The van der Waals surface area contributed by atoms with E-state index in [9.17, 15) is 0 Å². The van der Waals surface area contributed by atoms with Gasteiger partial charge in [0.1, 0.15) is 11.5 Å². The number of benzene rings is 2. The van der Waals surface area contributed by atoms with Gasteiger partial charge in [0.05, 0.1) is 6.21 Å². The fourth-order valence-corrected chi connectivity index (χ4v) is 1.95. The molecule has 2 aromatic rings. The molecule has 0 radical (unpaired) electrons. The number of nitrogens with zero attached hydrogens (tertiary/aromatic N) is 1. The molecule has 0 heterocycles. The molecule has 0 bridgehead atoms. The quantitative estimate of drug-likeness (QED) is 0.501. The molecule has 2 aromatic carbocycles. The molecule has 4 nitrogen and oxygen atoms in total. The molecule has 22 heavy (non-hydrogen) atoms. The summed E-state index contributed by atoms with van der Waals surface area (Å²) in [5, 5.41) is 4.08. The Morgan fingerprint density at radius 1 is 1.18 bits per heavy atom. The van der Waals surface area contributed by atoms with Gasteiger partial charge in [-0.05, 0) is 48.0 Å². The van der Waals surface area contributed by atoms with Crippen LogP contribution in [0, 0.1) is 0 Å². The van der Waals surface area contributed by atoms with Gasteiger partial charge in [0.25, 0.3) is 0 Å². The molecule has 0 amide bonds. The SMILES string of the molecule is CC(C)c1ccc(Oc2ccccc2C=NNC(N)=S)cc1. The zero-order chi connectivity index (χ0) is 15.9. The lowest BCUT2D eigenvalue weighted by Crippen LogP contribution is -2.24. The smallest absolute Gasteiger partial charge is 0.184 e. The van der Waals surface area contributed by atoms with Crippen molar-refractivity contribution in [3.63, 3.8) is 0 Å². The molecule has 114 valence electrons. The number of hydrogen-bond donors (Lipinski definition) is 2. The first kappa shape index (κ1) is 16.0. The van der Waals surface area contributed by atoms with E-state index in [0.29, 0.717) is 11.7 Å². The van der Waals surface area contributed by atoms with Gasteiger partial charge in [-0.3, -0.25) is 5.43 Å². The fraction of sp³-hybridized carbons (Fsp3) is 0.176. The molecule has 0 aromatic heterocycles. The molecule has 0 aliphatic rings. The van der Waals surface area contributed by atoms with Crippen LogP contribution in [0.1, 0.15) is 30.9 Å². The first-order valence-corrected chi connectivity index (χ1v) is 7.42. The van der Waals surface area contributed by atoms with Gasteiger partial charge < -0.3 is 10.5 Å². The lowest BCUT2D eigenvalue weighted by Gasteiger charge is -2.10. The molecule has 0 saturated heterocycles. The predicted molar refractivity (Wildman–Crippen MR) is 94.6 cm³/mol. The maximum atomic E-state index is 5.92. The summed E-state index contributed by atoms with van der Waals surface area (Å²) in [4.78, 5) is 0. The molecule has 0 unspecified atom stereocenters. The van der Waals surface area contributed by atoms with Crippen LogP contribution in [0.25, 0.3) is 0 Å². The van der Waals surface area contributed by atoms with E-state index in [1.807, 2.05) is 36.4 Å². The number of thiocarbonyl (C=S) groups is 1. The summed E-state index contributed by atoms with van der Waals surface area (Å²) in [5.41, 5.74) is 9.97. The lowest BCUT2D eigenvalue weighted by molar-refractivity contribution is 0.481. The Labute approximate surface area is 136 Å². The maximum absolute atomic E-state index is 5.92. The normalized spacial score (nSPS) is 10.9. The standard InChI is InChI=1S/C17H19N3OS/c1-12(2)13-7-9-15(10-8-13)21-16-6-4-3-5-14(16)11-19-20-17(18)22/h3-12H,1-2H3,(H3,18,20,22). The number of nitrogens with two attached hydrogens (primary N) is 1. The Kier molecular flexibility index (Phi) is 5.49. The van der Waals surface area contributed by atoms with Crippen LogP contribution in [0.5, 0.6) is 11.5 Å². The summed E-state index contributed by atoms with van der Waals surface area (Å²) in [6, 6.07) is 15.7. The number of rotatable bonds is 5. The van der Waals surface area contributed by atoms with E-state index in [4.69, 9.17) is 22.7 Å². The largest absolute Gasteiger partial charge is 0.457 e. The second kappa shape index (κ2) is 7.56. The van der Waals surface area contributed by atoms with E-state index in [1.165, 1.54) is 5.56 Å². The van der Waals surface area contributed by atoms with Crippen LogP contribution >= 0.6 is 12.2 Å². The minimum atomic E-state index is 0.124. The van der Waals surface area contributed by atoms with Gasteiger partial charge in [-0.15, -0.1) is 0 Å². The Bertz CT molecular complexity index is 666. The van der Waals surface area contributed by atoms with E-state index in [-0.39, 0.29) is 5.11 Å². The van der Waals surface area contributed by atoms with Gasteiger partial charge in [-0.2, -0.15) is 5.10 Å². The van der Waals surface area contributed by atoms with Gasteiger partial charge in [0.2, 0.25) is 0 Å². The minimum Gasteiger partial charge on any atom is -0.457 e. The summed E-state index contributed by atoms with van der Waals surface area (Å²) in [6.07, 6.45) is 1.62. The van der Waals surface area contributed by atoms with Crippen LogP contribution in [0.15, 0.2) is 53.6 Å². The van der Waals surface area contributed by atoms with Crippen molar-refractivity contribution in [2.45, 2.75) is 19.8 Å². The first-order chi connectivity index (χ1) is 10.6. The summed E-state index contributed by atoms with van der Waals surface area (Å²) < 4.78 is 5.92. The highest BCUT2D eigenvalue weighted by Crippen LogP contribution is 2.26. The summed E-state index contributed by atoms with van der Waals surface area (Å²) in [5.74, 6) is 2.00. The van der Waals surface area contributed by atoms with Gasteiger partial charge >= 0.3 is 0 Å². The van der Waals surface area contributed by atoms with Crippen molar-refractivity contribution in [1.29, 1.82) is 0 Å². The van der Waals surface area contributed by atoms with Crippen LogP contribution in [-0.2, 0) is 0 Å². The highest BCUT2D eigenvalue weighted by atomic mass is 32.1. The molecule has 0 aliphatic heterocycles. The van der Waals surface area contributed by atoms with Gasteiger partial charge in [0.15, 0.2) is 5.11 Å². The summed E-state index contributed by atoms with van der Waals surface area (Å²) >= 11 is 4.70. The van der Waals surface area contributed by atoms with Crippen molar-refractivity contribution in [3.8, 4) is 11.5 Å². The average Bonchev–Trinajstić information content (AvgIpc) is 2.49. The highest BCUT2D eigenvalue weighted by Gasteiger charge is 2.04. The molecular formula is C17H19N3OS. The number of para-hydroxylation sites is 1. The Balaban J connectivity index is 2.15. The van der Waals surface area contributed by atoms with Gasteiger partial charge in [-0.1, -0.05) is 38.1 Å². The molecule has 0 atom stereocenters. The molecule has 2 rings (SSSR count). The van der Waals surface area contributed by atoms with Crippen molar-refractivity contribution in [3.05, 3.63) is 59.7 Å². The van der Waals surface area contributed by atoms with Crippen LogP contribution in [0.2, 0.25) is 0 Å². The van der Waals surface area contributed by atoms with E-state index >= 15 is 0 Å². The summed E-state index contributed by atoms with van der Waals surface area (Å²) in [7, 11) is 0. The third-order valence-electron chi connectivity index (χ3n) is 3.07. The lowest BCUT2D eigenvalue weighted by atomic mass is 10.0. The van der Waals surface area contributed by atoms with Crippen molar-refractivity contribution in [2.75, 3.05) is 0 Å². The molecule has 0 spiro atoms. The third-order valence-corrected chi connectivity index (χ3v) is 3.16. The molecule has 0 saturated carbocycles. The van der Waals surface area contributed by atoms with Crippen LogP contribution in [-0.4, -0.2) is 11.3 Å². The van der Waals surface area contributed by atoms with E-state index < -0.39 is 0 Å². The number of hydrazone groups is 1. The maximum Gasteiger partial charge on any atom is 0.184 e. The topological polar surface area (TPSA) is 59.6 Å². The van der Waals surface area contributed by atoms with Crippen molar-refractivity contribution < 1.29 is 4.74 Å². The van der Waals surface area contributed by atoms with E-state index in [0.717, 1.165) is 11.3 Å². The predicted octanol–water partition coefficient (Wildman–Crippen LogP) is 3.77. The van der Waals surface area contributed by atoms with Crippen molar-refractivity contribution in [1.82, 2.24) is 5.43 Å². The first-order valence-electron chi connectivity index (χ1n) is 7.01. The van der Waals surface area contributed by atoms with E-state index in [1.54, 1.807) is 6.21 Å². The molecular weight excluding hydrogens is 294 g/mol. The van der Waals surface area contributed by atoms with Crippen LogP contribution in [0.4, 0.5) is 0 Å². The zero-order valence-electron chi connectivity index (χ0n) is 12.6. The second-order valence-electron chi connectivity index (χ2n) is 5.10. The van der Waals surface area contributed by atoms with Gasteiger partial charge in [-0.25, -0.2) is 0 Å². The van der Waals surface area contributed by atoms with Crippen LogP contribution in [0.3, 0.4) is 0 Å². The molecule has 0 aliphatic carbocycles. The molecule has 0 fully saturated rings. The fourth-order valence-electron chi connectivity index (χ4n) is 1.89. The summed E-state index contributed by atoms with van der Waals surface area (Å²) in [6.45, 7) is 4.33. The molecule has 5 heteroatoms. The Morgan fingerprint density at radius 3 is 2.50 bits per heavy atom. The highest BCUT2D eigenvalue weighted by molar-refractivity contribution is 7.80. The average molecular weight is 313 g/mol. The van der Waals surface area contributed by atoms with Crippen LogP contribution < -0.4 is 15.9 Å². The Hall–Kier alpha value is -2.40. The third kappa shape index (κ3) is 4.56. The van der Waals surface area contributed by atoms with Crippen molar-refractivity contribution in [2.24, 2.45) is 10.8 Å². The number of hydrogen-bond acceptors (Lipinski definition) is 3. The monoisotopic (exact) mass is 313 g/mol. The second-order valence-corrected chi connectivity index (χ2v) is 5.54. The number of ether oxygens (including phenoxy) is 1. The Morgan fingerprint density at radius 2 is 1.86 bits per heavy atom. The number of nitrogens with one attached hydrogen (secondary N) is 1. The van der Waals surface area contributed by atoms with Crippen molar-refractivity contribution >= 4 is 23.5 Å².